The zero-order chi connectivity index (χ0) is 9.10. The molecule has 0 N–H and O–H groups in total. The molecule has 4 heteroatoms. The molecule has 0 saturated carbocycles. The molecule has 2 heterocycles. The lowest BCUT2D eigenvalue weighted by molar-refractivity contribution is -0.168. The van der Waals surface area contributed by atoms with E-state index in [0.29, 0.717) is 6.61 Å². The van der Waals surface area contributed by atoms with Crippen molar-refractivity contribution < 1.29 is 9.63 Å². The zero-order valence-corrected chi connectivity index (χ0v) is 8.52. The minimum absolute atomic E-state index is 0.173. The maximum absolute atomic E-state index is 11.8. The Morgan fingerprint density at radius 2 is 2.31 bits per heavy atom. The van der Waals surface area contributed by atoms with Crippen molar-refractivity contribution in [1.82, 2.24) is 5.06 Å². The Morgan fingerprint density at radius 1 is 1.38 bits per heavy atom. The van der Waals surface area contributed by atoms with Crippen LogP contribution < -0.4 is 0 Å². The van der Waals surface area contributed by atoms with Crippen molar-refractivity contribution in [3.05, 3.63) is 0 Å². The maximum Gasteiger partial charge on any atom is 0.259 e. The number of hydrogen-bond donors (Lipinski definition) is 0. The smallest absolute Gasteiger partial charge is 0.259 e. The summed E-state index contributed by atoms with van der Waals surface area (Å²) in [6.45, 7) is 1.50. The van der Waals surface area contributed by atoms with E-state index in [2.05, 4.69) is 0 Å². The lowest BCUT2D eigenvalue weighted by Gasteiger charge is -2.24. The molecular formula is C9H15NO2S. The highest BCUT2D eigenvalue weighted by Crippen LogP contribution is 2.27. The Kier molecular flexibility index (Phi) is 3.11. The molecule has 3 nitrogen and oxygen atoms in total. The Balaban J connectivity index is 1.87. The summed E-state index contributed by atoms with van der Waals surface area (Å²) in [5, 5.41) is 1.73. The number of nitrogens with zero attached hydrogens (tertiary/aromatic N) is 1. The quantitative estimate of drug-likeness (QED) is 0.643. The second-order valence-corrected chi connectivity index (χ2v) is 4.79. The first-order valence-corrected chi connectivity index (χ1v) is 5.99. The van der Waals surface area contributed by atoms with Gasteiger partial charge in [0.15, 0.2) is 0 Å². The Hall–Kier alpha value is -0.220. The molecule has 0 aromatic rings. The predicted molar refractivity (Wildman–Crippen MR) is 52.4 cm³/mol. The van der Waals surface area contributed by atoms with Gasteiger partial charge in [0.2, 0.25) is 0 Å². The number of carbonyl (C=O) groups is 1. The fourth-order valence-corrected chi connectivity index (χ4v) is 2.97. The van der Waals surface area contributed by atoms with Crippen molar-refractivity contribution in [2.75, 3.05) is 18.9 Å². The maximum atomic E-state index is 11.8. The SMILES string of the molecule is O=C(C1CCCCS1)N1CCCO1. The molecule has 2 fully saturated rings. The third-order valence-electron chi connectivity index (χ3n) is 2.45. The summed E-state index contributed by atoms with van der Waals surface area (Å²) in [6, 6.07) is 0. The number of amides is 1. The van der Waals surface area contributed by atoms with E-state index in [0.717, 1.165) is 25.1 Å². The molecule has 0 spiro atoms. The van der Waals surface area contributed by atoms with Gasteiger partial charge in [0.1, 0.15) is 0 Å². The standard InChI is InChI=1S/C9H15NO2S/c11-9(10-5-3-6-12-10)8-4-1-2-7-13-8/h8H,1-7H2. The molecule has 74 valence electrons. The summed E-state index contributed by atoms with van der Waals surface area (Å²) >= 11 is 1.79. The van der Waals surface area contributed by atoms with Gasteiger partial charge in [-0.25, -0.2) is 5.06 Å². The molecule has 1 atom stereocenters. The van der Waals surface area contributed by atoms with E-state index >= 15 is 0 Å². The van der Waals surface area contributed by atoms with Crippen LogP contribution in [0.1, 0.15) is 25.7 Å². The molecule has 1 amide bonds. The van der Waals surface area contributed by atoms with Crippen LogP contribution in [0.2, 0.25) is 0 Å². The molecule has 0 bridgehead atoms. The lowest BCUT2D eigenvalue weighted by Crippen LogP contribution is -2.35. The largest absolute Gasteiger partial charge is 0.271 e. The second kappa shape index (κ2) is 4.33. The third kappa shape index (κ3) is 2.17. The first-order chi connectivity index (χ1) is 6.38. The van der Waals surface area contributed by atoms with E-state index in [1.165, 1.54) is 12.8 Å². The van der Waals surface area contributed by atoms with Crippen molar-refractivity contribution in [1.29, 1.82) is 0 Å². The number of hydroxylamine groups is 2. The fraction of sp³-hybridized carbons (Fsp3) is 0.889. The van der Waals surface area contributed by atoms with Crippen LogP contribution in [0.15, 0.2) is 0 Å². The van der Waals surface area contributed by atoms with Gasteiger partial charge in [-0.1, -0.05) is 6.42 Å². The number of rotatable bonds is 1. The van der Waals surface area contributed by atoms with E-state index < -0.39 is 0 Å². The van der Waals surface area contributed by atoms with Gasteiger partial charge in [0.05, 0.1) is 18.4 Å². The van der Waals surface area contributed by atoms with Crippen molar-refractivity contribution in [3.63, 3.8) is 0 Å². The molecule has 0 aromatic carbocycles. The van der Waals surface area contributed by atoms with E-state index in [1.807, 2.05) is 0 Å². The van der Waals surface area contributed by atoms with Crippen molar-refractivity contribution >= 4 is 17.7 Å². The van der Waals surface area contributed by atoms with Gasteiger partial charge in [-0.2, -0.15) is 0 Å². The highest BCUT2D eigenvalue weighted by molar-refractivity contribution is 8.00. The predicted octanol–water partition coefficient (Wildman–Crippen LogP) is 1.44. The van der Waals surface area contributed by atoms with E-state index in [4.69, 9.17) is 4.84 Å². The van der Waals surface area contributed by atoms with Crippen LogP contribution in [0, 0.1) is 0 Å². The van der Waals surface area contributed by atoms with Gasteiger partial charge in [0, 0.05) is 0 Å². The molecule has 2 aliphatic rings. The van der Waals surface area contributed by atoms with E-state index in [1.54, 1.807) is 16.8 Å². The van der Waals surface area contributed by atoms with Gasteiger partial charge >= 0.3 is 0 Å². The Labute approximate surface area is 82.8 Å². The minimum Gasteiger partial charge on any atom is -0.271 e. The molecule has 13 heavy (non-hydrogen) atoms. The fourth-order valence-electron chi connectivity index (χ4n) is 1.72. The summed E-state index contributed by atoms with van der Waals surface area (Å²) in [7, 11) is 0. The molecule has 2 saturated heterocycles. The van der Waals surface area contributed by atoms with Crippen LogP contribution in [0.3, 0.4) is 0 Å². The number of hydrogen-bond acceptors (Lipinski definition) is 3. The molecule has 0 radical (unpaired) electrons. The molecule has 0 aliphatic carbocycles. The Bertz CT molecular complexity index is 186. The summed E-state index contributed by atoms with van der Waals surface area (Å²) in [6.07, 6.45) is 4.47. The van der Waals surface area contributed by atoms with Crippen LogP contribution in [0.5, 0.6) is 0 Å². The monoisotopic (exact) mass is 201 g/mol. The van der Waals surface area contributed by atoms with Gasteiger partial charge in [-0.3, -0.25) is 9.63 Å². The van der Waals surface area contributed by atoms with Crippen LogP contribution >= 0.6 is 11.8 Å². The molecule has 2 rings (SSSR count). The van der Waals surface area contributed by atoms with Crippen LogP contribution in [-0.4, -0.2) is 35.1 Å². The number of thioether (sulfide) groups is 1. The molecular weight excluding hydrogens is 186 g/mol. The number of carbonyl (C=O) groups excluding carboxylic acids is 1. The first-order valence-electron chi connectivity index (χ1n) is 4.94. The van der Waals surface area contributed by atoms with Crippen LogP contribution in [0.25, 0.3) is 0 Å². The third-order valence-corrected chi connectivity index (χ3v) is 3.82. The van der Waals surface area contributed by atoms with Crippen molar-refractivity contribution in [2.24, 2.45) is 0 Å². The normalized spacial score (nSPS) is 29.2. The van der Waals surface area contributed by atoms with Crippen molar-refractivity contribution in [3.8, 4) is 0 Å². The summed E-state index contributed by atoms with van der Waals surface area (Å²) in [5.41, 5.74) is 0. The molecule has 2 aliphatic heterocycles. The molecule has 1 unspecified atom stereocenters. The highest BCUT2D eigenvalue weighted by atomic mass is 32.2. The first kappa shape index (κ1) is 9.34. The van der Waals surface area contributed by atoms with Crippen LogP contribution in [0.4, 0.5) is 0 Å². The molecule has 0 aromatic heterocycles. The van der Waals surface area contributed by atoms with Gasteiger partial charge < -0.3 is 0 Å². The highest BCUT2D eigenvalue weighted by Gasteiger charge is 2.28. The minimum atomic E-state index is 0.173. The zero-order valence-electron chi connectivity index (χ0n) is 7.70. The van der Waals surface area contributed by atoms with E-state index in [-0.39, 0.29) is 11.2 Å². The summed E-state index contributed by atoms with van der Waals surface area (Å²) < 4.78 is 0. The average molecular weight is 201 g/mol. The average Bonchev–Trinajstić information content (AvgIpc) is 2.71. The van der Waals surface area contributed by atoms with Crippen LogP contribution in [-0.2, 0) is 9.63 Å². The van der Waals surface area contributed by atoms with Crippen molar-refractivity contribution in [2.45, 2.75) is 30.9 Å². The van der Waals surface area contributed by atoms with Gasteiger partial charge in [-0.05, 0) is 25.0 Å². The lowest BCUT2D eigenvalue weighted by atomic mass is 10.2. The summed E-state index contributed by atoms with van der Waals surface area (Å²) in [5.74, 6) is 1.33. The van der Waals surface area contributed by atoms with Gasteiger partial charge in [-0.15, -0.1) is 11.8 Å². The van der Waals surface area contributed by atoms with E-state index in [9.17, 15) is 4.79 Å². The summed E-state index contributed by atoms with van der Waals surface area (Å²) in [4.78, 5) is 17.0. The Morgan fingerprint density at radius 3 is 2.92 bits per heavy atom. The van der Waals surface area contributed by atoms with Gasteiger partial charge in [0.25, 0.3) is 5.91 Å². The topological polar surface area (TPSA) is 29.5 Å². The second-order valence-electron chi connectivity index (χ2n) is 3.48.